The number of ether oxygens (including phenoxy) is 11. The quantitative estimate of drug-likeness (QED) is 0.143. The predicted octanol–water partition coefficient (Wildman–Crippen LogP) is 7.03. The van der Waals surface area contributed by atoms with Crippen LogP contribution >= 0.6 is 46.4 Å². The zero-order valence-electron chi connectivity index (χ0n) is 31.7. The third-order valence-electron chi connectivity index (χ3n) is 9.05. The second-order valence-electron chi connectivity index (χ2n) is 12.7. The van der Waals surface area contributed by atoms with E-state index < -0.39 is 17.5 Å². The molecular weight excluding hydrogens is 846 g/mol. The molecule has 8 rings (SSSR count). The van der Waals surface area contributed by atoms with E-state index in [0.717, 1.165) is 5.56 Å². The number of ketones is 1. The van der Waals surface area contributed by atoms with E-state index in [0.29, 0.717) is 80.6 Å². The number of rotatable bonds is 6. The number of nitrogens with zero attached hydrogens (tertiary/aromatic N) is 2. The highest BCUT2D eigenvalue weighted by atomic mass is 35.5. The average molecular weight is 885 g/mol. The summed E-state index contributed by atoms with van der Waals surface area (Å²) >= 11 is 23.6. The SMILES string of the molecule is COC(=O)c1ccc(OC)c2c1OCC1(CO2)OCCO1.COc1ccc(C(=O)Cc2c(Cl)cncc2Cl)c2c1OCC1(CO2)OCCO1.Cc1c(Cl)cncc1Cl. The van der Waals surface area contributed by atoms with Gasteiger partial charge in [-0.3, -0.25) is 14.8 Å². The summed E-state index contributed by atoms with van der Waals surface area (Å²) in [6.07, 6.45) is 6.03. The Morgan fingerprint density at radius 3 is 1.41 bits per heavy atom. The van der Waals surface area contributed by atoms with Crippen molar-refractivity contribution < 1.29 is 61.7 Å². The van der Waals surface area contributed by atoms with Crippen molar-refractivity contribution >= 4 is 58.2 Å². The number of carbonyl (C=O) groups is 2. The van der Waals surface area contributed by atoms with Crippen molar-refractivity contribution in [1.29, 1.82) is 0 Å². The summed E-state index contributed by atoms with van der Waals surface area (Å²) in [7, 11) is 4.33. The minimum atomic E-state index is -0.998. The molecule has 4 aliphatic heterocycles. The van der Waals surface area contributed by atoms with E-state index in [9.17, 15) is 9.59 Å². The van der Waals surface area contributed by atoms with E-state index in [4.69, 9.17) is 98.5 Å². The molecule has 0 saturated carbocycles. The zero-order valence-corrected chi connectivity index (χ0v) is 34.7. The Kier molecular flexibility index (Phi) is 14.3. The number of halogens is 4. The van der Waals surface area contributed by atoms with Crippen molar-refractivity contribution in [3.8, 4) is 34.5 Å². The first-order valence-electron chi connectivity index (χ1n) is 17.6. The van der Waals surface area contributed by atoms with Crippen molar-refractivity contribution in [2.75, 3.05) is 74.2 Å². The summed E-state index contributed by atoms with van der Waals surface area (Å²) in [6.45, 7) is 4.19. The molecule has 2 aromatic heterocycles. The number of Topliss-reactive ketones (excluding diaryl/α,β-unsaturated/α-hetero) is 1. The van der Waals surface area contributed by atoms with Gasteiger partial charge in [0.25, 0.3) is 0 Å². The van der Waals surface area contributed by atoms with Crippen molar-refractivity contribution in [2.24, 2.45) is 0 Å². The third kappa shape index (κ3) is 9.58. The molecule has 0 atom stereocenters. The predicted molar refractivity (Wildman–Crippen MR) is 210 cm³/mol. The smallest absolute Gasteiger partial charge is 0.341 e. The first-order valence-corrected chi connectivity index (χ1v) is 19.1. The maximum atomic E-state index is 13.0. The third-order valence-corrected chi connectivity index (χ3v) is 10.5. The van der Waals surface area contributed by atoms with Gasteiger partial charge in [-0.1, -0.05) is 46.4 Å². The second kappa shape index (κ2) is 19.2. The zero-order chi connectivity index (χ0) is 41.5. The largest absolute Gasteiger partial charge is 0.493 e. The van der Waals surface area contributed by atoms with Gasteiger partial charge in [-0.15, -0.1) is 0 Å². The van der Waals surface area contributed by atoms with E-state index in [1.165, 1.54) is 33.7 Å². The first-order chi connectivity index (χ1) is 27.9. The molecule has 0 unspecified atom stereocenters. The van der Waals surface area contributed by atoms with Crippen molar-refractivity contribution in [3.63, 3.8) is 0 Å². The monoisotopic (exact) mass is 882 g/mol. The van der Waals surface area contributed by atoms with Gasteiger partial charge in [0.2, 0.25) is 23.1 Å². The van der Waals surface area contributed by atoms with Crippen LogP contribution in [0.5, 0.6) is 34.5 Å². The molecule has 2 spiro atoms. The Morgan fingerprint density at radius 1 is 0.603 bits per heavy atom. The van der Waals surface area contributed by atoms with E-state index in [1.54, 1.807) is 36.7 Å². The molecule has 2 aromatic carbocycles. The van der Waals surface area contributed by atoms with Crippen LogP contribution < -0.4 is 28.4 Å². The van der Waals surface area contributed by atoms with Gasteiger partial charge < -0.3 is 52.1 Å². The fourth-order valence-electron chi connectivity index (χ4n) is 5.94. The van der Waals surface area contributed by atoms with Gasteiger partial charge in [0.1, 0.15) is 32.0 Å². The lowest BCUT2D eigenvalue weighted by molar-refractivity contribution is -0.189. The number of pyridine rings is 2. The lowest BCUT2D eigenvalue weighted by atomic mass is 10.0. The van der Waals surface area contributed by atoms with Crippen LogP contribution in [0.4, 0.5) is 0 Å². The summed E-state index contributed by atoms with van der Waals surface area (Å²) < 4.78 is 61.1. The van der Waals surface area contributed by atoms with Gasteiger partial charge >= 0.3 is 5.97 Å². The molecule has 0 radical (unpaired) electrons. The van der Waals surface area contributed by atoms with Crippen molar-refractivity contribution in [2.45, 2.75) is 24.9 Å². The van der Waals surface area contributed by atoms with Crippen molar-refractivity contribution in [3.05, 3.63) is 91.4 Å². The number of hydrogen-bond acceptors (Lipinski definition) is 15. The lowest BCUT2D eigenvalue weighted by Crippen LogP contribution is -2.42. The van der Waals surface area contributed by atoms with Gasteiger partial charge in [-0.25, -0.2) is 4.79 Å². The first kappa shape index (κ1) is 43.3. The molecule has 0 N–H and O–H groups in total. The molecule has 0 aliphatic carbocycles. The highest BCUT2D eigenvalue weighted by molar-refractivity contribution is 6.36. The molecule has 310 valence electrons. The molecule has 2 saturated heterocycles. The Labute approximate surface area is 353 Å². The van der Waals surface area contributed by atoms with Crippen LogP contribution in [0.1, 0.15) is 31.8 Å². The minimum absolute atomic E-state index is 0.0134. The Balaban J connectivity index is 0.000000165. The number of methoxy groups -OCH3 is 3. The molecule has 4 aromatic rings. The molecule has 19 heteroatoms. The average Bonchev–Trinajstić information content (AvgIpc) is 3.81. The number of carbonyl (C=O) groups excluding carboxylic acids is 2. The number of aromatic nitrogens is 2. The molecular formula is C39H38Cl4N2O13. The Hall–Kier alpha value is -4.32. The molecule has 15 nitrogen and oxygen atoms in total. The van der Waals surface area contributed by atoms with Gasteiger partial charge in [0.05, 0.1) is 73.4 Å². The van der Waals surface area contributed by atoms with Crippen LogP contribution in [-0.2, 0) is 30.1 Å². The van der Waals surface area contributed by atoms with E-state index in [-0.39, 0.29) is 55.7 Å². The summed E-state index contributed by atoms with van der Waals surface area (Å²) in [5, 5.41) is 1.87. The molecule has 0 bridgehead atoms. The van der Waals surface area contributed by atoms with Crippen LogP contribution in [0.2, 0.25) is 20.1 Å². The highest BCUT2D eigenvalue weighted by Gasteiger charge is 2.44. The number of hydrogen-bond donors (Lipinski definition) is 0. The van der Waals surface area contributed by atoms with Gasteiger partial charge in [0.15, 0.2) is 28.8 Å². The van der Waals surface area contributed by atoms with Crippen molar-refractivity contribution in [1.82, 2.24) is 9.97 Å². The standard InChI is InChI=1S/C19H17Cl2NO6.C14H16O7.C6H5Cl2N/c1-24-16-3-2-11(15(23)6-12-13(20)7-22-8-14(12)21)17-18(16)26-10-19(9-25-17)27-4-5-28-19;1-16-10-4-3-9(13(15)17-2)11-12(10)19-8-14(7-18-11)20-5-6-21-14;1-4-5(7)2-9-3-6(4)8/h2-3,7-8H,4-6,9-10H2,1H3;3-4H,5-8H2,1-2H3;2-3H,1H3. The van der Waals surface area contributed by atoms with E-state index in [1.807, 2.05) is 6.92 Å². The van der Waals surface area contributed by atoms with E-state index >= 15 is 0 Å². The van der Waals surface area contributed by atoms with Crippen LogP contribution in [0.3, 0.4) is 0 Å². The minimum Gasteiger partial charge on any atom is -0.493 e. The summed E-state index contributed by atoms with van der Waals surface area (Å²) in [6, 6.07) is 6.48. The van der Waals surface area contributed by atoms with Gasteiger partial charge in [0, 0.05) is 36.8 Å². The van der Waals surface area contributed by atoms with Crippen LogP contribution in [0, 0.1) is 6.92 Å². The normalized spacial score (nSPS) is 16.8. The fourth-order valence-corrected chi connectivity index (χ4v) is 6.80. The topological polar surface area (TPSA) is 161 Å². The fraction of sp³-hybridized carbons (Fsp3) is 0.385. The maximum Gasteiger partial charge on any atom is 0.341 e. The second-order valence-corrected chi connectivity index (χ2v) is 14.3. The maximum absolute atomic E-state index is 13.0. The van der Waals surface area contributed by atoms with Crippen LogP contribution in [0.15, 0.2) is 49.1 Å². The molecule has 58 heavy (non-hydrogen) atoms. The summed E-state index contributed by atoms with van der Waals surface area (Å²) in [4.78, 5) is 32.6. The molecule has 4 aliphatic rings. The number of esters is 1. The Morgan fingerprint density at radius 2 is 1.00 bits per heavy atom. The van der Waals surface area contributed by atoms with E-state index in [2.05, 4.69) is 9.97 Å². The van der Waals surface area contributed by atoms with Gasteiger partial charge in [-0.05, 0) is 36.8 Å². The molecule has 2 fully saturated rings. The van der Waals surface area contributed by atoms with Crippen LogP contribution in [-0.4, -0.2) is 107 Å². The number of benzene rings is 2. The Bertz CT molecular complexity index is 2090. The number of fused-ring (bicyclic) bond motifs is 2. The summed E-state index contributed by atoms with van der Waals surface area (Å²) in [5.41, 5.74) is 1.98. The lowest BCUT2D eigenvalue weighted by Gasteiger charge is -2.23. The highest BCUT2D eigenvalue weighted by Crippen LogP contribution is 2.45. The molecule has 0 amide bonds. The molecule has 6 heterocycles. The van der Waals surface area contributed by atoms with Gasteiger partial charge in [-0.2, -0.15) is 0 Å². The summed E-state index contributed by atoms with van der Waals surface area (Å²) in [5.74, 6) is -0.552. The van der Waals surface area contributed by atoms with Crippen LogP contribution in [0.25, 0.3) is 0 Å².